The van der Waals surface area contributed by atoms with Crippen LogP contribution in [0, 0.1) is 0 Å². The number of aliphatic hydroxyl groups is 1. The lowest BCUT2D eigenvalue weighted by molar-refractivity contribution is -0.142. The fourth-order valence-electron chi connectivity index (χ4n) is 1.26. The van der Waals surface area contributed by atoms with E-state index in [0.717, 1.165) is 0 Å². The van der Waals surface area contributed by atoms with E-state index in [1.54, 1.807) is 24.3 Å². The van der Waals surface area contributed by atoms with Gasteiger partial charge in [-0.2, -0.15) is 0 Å². The molecule has 0 radical (unpaired) electrons. The molecule has 1 aromatic carbocycles. The summed E-state index contributed by atoms with van der Waals surface area (Å²) < 4.78 is 0. The Morgan fingerprint density at radius 2 is 1.93 bits per heavy atom. The summed E-state index contributed by atoms with van der Waals surface area (Å²) in [6, 6.07) is 7.74. The van der Waals surface area contributed by atoms with Gasteiger partial charge in [-0.1, -0.05) is 30.3 Å². The Balaban J connectivity index is 2.83. The Morgan fingerprint density at radius 3 is 2.36 bits per heavy atom. The van der Waals surface area contributed by atoms with E-state index in [-0.39, 0.29) is 0 Å². The van der Waals surface area contributed by atoms with Crippen LogP contribution in [0.1, 0.15) is 11.7 Å². The highest BCUT2D eigenvalue weighted by atomic mass is 16.4. The quantitative estimate of drug-likeness (QED) is 0.650. The van der Waals surface area contributed by atoms with Gasteiger partial charge < -0.3 is 15.5 Å². The maximum absolute atomic E-state index is 10.7. The maximum Gasteiger partial charge on any atom is 0.323 e. The number of carbonyl (C=O) groups is 1. The second-order valence-corrected chi connectivity index (χ2v) is 2.96. The molecule has 0 aromatic heterocycles. The first-order chi connectivity index (χ1) is 6.66. The molecular formula is C10H13NO3. The maximum atomic E-state index is 10.7. The highest BCUT2D eigenvalue weighted by Crippen LogP contribution is 2.16. The van der Waals surface area contributed by atoms with E-state index in [4.69, 9.17) is 5.11 Å². The van der Waals surface area contributed by atoms with Gasteiger partial charge in [0.15, 0.2) is 0 Å². The molecule has 0 bridgehead atoms. The number of nitrogens with one attached hydrogen (secondary N) is 1. The van der Waals surface area contributed by atoms with Crippen LogP contribution in [0.4, 0.5) is 0 Å². The highest BCUT2D eigenvalue weighted by Gasteiger charge is 2.25. The van der Waals surface area contributed by atoms with E-state index in [1.807, 2.05) is 6.07 Å². The summed E-state index contributed by atoms with van der Waals surface area (Å²) in [6.45, 7) is 0. The molecule has 3 N–H and O–H groups in total. The van der Waals surface area contributed by atoms with Gasteiger partial charge in [0.1, 0.15) is 12.1 Å². The first-order valence-electron chi connectivity index (χ1n) is 4.30. The van der Waals surface area contributed by atoms with Crippen molar-refractivity contribution in [2.24, 2.45) is 0 Å². The van der Waals surface area contributed by atoms with Crippen LogP contribution in [0.15, 0.2) is 30.3 Å². The van der Waals surface area contributed by atoms with E-state index in [1.165, 1.54) is 7.05 Å². The number of carboxylic acids is 1. The summed E-state index contributed by atoms with van der Waals surface area (Å²) in [6.07, 6.45) is -1.03. The van der Waals surface area contributed by atoms with E-state index >= 15 is 0 Å². The molecule has 4 heteroatoms. The van der Waals surface area contributed by atoms with E-state index in [9.17, 15) is 9.90 Å². The first kappa shape index (κ1) is 10.7. The lowest BCUT2D eigenvalue weighted by Crippen LogP contribution is -2.39. The van der Waals surface area contributed by atoms with Gasteiger partial charge in [0.2, 0.25) is 0 Å². The van der Waals surface area contributed by atoms with Crippen LogP contribution in [-0.2, 0) is 4.79 Å². The van der Waals surface area contributed by atoms with E-state index in [2.05, 4.69) is 5.32 Å². The van der Waals surface area contributed by atoms with Crippen LogP contribution >= 0.6 is 0 Å². The smallest absolute Gasteiger partial charge is 0.323 e. The van der Waals surface area contributed by atoms with Crippen molar-refractivity contribution in [1.29, 1.82) is 0 Å². The van der Waals surface area contributed by atoms with Gasteiger partial charge in [-0.3, -0.25) is 4.79 Å². The van der Waals surface area contributed by atoms with E-state index < -0.39 is 18.1 Å². The molecule has 14 heavy (non-hydrogen) atoms. The standard InChI is InChI=1S/C10H13NO3/c1-11-8(10(13)14)9(12)7-5-3-2-4-6-7/h2-6,8-9,11-12H,1H3,(H,13,14)/t8-,9-/m0/s1. The number of likely N-dealkylation sites (N-methyl/N-ethyl adjacent to an activating group) is 1. The molecular weight excluding hydrogens is 182 g/mol. The monoisotopic (exact) mass is 195 g/mol. The SMILES string of the molecule is CN[C@H](C(=O)O)[C@@H](O)c1ccccc1. The van der Waals surface area contributed by atoms with Crippen molar-refractivity contribution in [3.63, 3.8) is 0 Å². The minimum absolute atomic E-state index is 0.592. The lowest BCUT2D eigenvalue weighted by Gasteiger charge is -2.18. The Labute approximate surface area is 82.2 Å². The van der Waals surface area contributed by atoms with Gasteiger partial charge in [0.05, 0.1) is 0 Å². The molecule has 0 spiro atoms. The summed E-state index contributed by atoms with van der Waals surface area (Å²) in [5, 5.41) is 21.0. The number of hydrogen-bond donors (Lipinski definition) is 3. The third-order valence-electron chi connectivity index (χ3n) is 2.03. The molecule has 0 aliphatic carbocycles. The van der Waals surface area contributed by atoms with Crippen molar-refractivity contribution in [1.82, 2.24) is 5.32 Å². The summed E-state index contributed by atoms with van der Waals surface area (Å²) in [5.41, 5.74) is 0.592. The van der Waals surface area contributed by atoms with Crippen LogP contribution < -0.4 is 5.32 Å². The zero-order chi connectivity index (χ0) is 10.6. The molecule has 0 aliphatic rings. The molecule has 1 rings (SSSR count). The van der Waals surface area contributed by atoms with Crippen molar-refractivity contribution < 1.29 is 15.0 Å². The minimum atomic E-state index is -1.07. The summed E-state index contributed by atoms with van der Waals surface area (Å²) in [4.78, 5) is 10.7. The van der Waals surface area contributed by atoms with Gasteiger partial charge >= 0.3 is 5.97 Å². The molecule has 0 saturated carbocycles. The van der Waals surface area contributed by atoms with Crippen LogP contribution in [0.25, 0.3) is 0 Å². The average Bonchev–Trinajstić information content (AvgIpc) is 2.19. The Hall–Kier alpha value is -1.39. The Morgan fingerprint density at radius 1 is 1.36 bits per heavy atom. The second kappa shape index (κ2) is 4.74. The fraction of sp³-hybridized carbons (Fsp3) is 0.300. The number of benzene rings is 1. The average molecular weight is 195 g/mol. The predicted octanol–water partition coefficient (Wildman–Crippen LogP) is 0.393. The van der Waals surface area contributed by atoms with Crippen LogP contribution in [0.3, 0.4) is 0 Å². The normalized spacial score (nSPS) is 14.7. The Kier molecular flexibility index (Phi) is 3.62. The Bertz CT molecular complexity index is 299. The molecule has 4 nitrogen and oxygen atoms in total. The van der Waals surface area contributed by atoms with Crippen molar-refractivity contribution in [3.8, 4) is 0 Å². The van der Waals surface area contributed by atoms with Gasteiger partial charge in [0.25, 0.3) is 0 Å². The molecule has 0 saturated heterocycles. The molecule has 76 valence electrons. The van der Waals surface area contributed by atoms with Crippen molar-refractivity contribution in [3.05, 3.63) is 35.9 Å². The number of hydrogen-bond acceptors (Lipinski definition) is 3. The summed E-state index contributed by atoms with van der Waals surface area (Å²) in [7, 11) is 1.50. The van der Waals surface area contributed by atoms with Crippen molar-refractivity contribution in [2.75, 3.05) is 7.05 Å². The highest BCUT2D eigenvalue weighted by molar-refractivity contribution is 5.74. The van der Waals surface area contributed by atoms with Crippen LogP contribution in [0.5, 0.6) is 0 Å². The van der Waals surface area contributed by atoms with E-state index in [0.29, 0.717) is 5.56 Å². The topological polar surface area (TPSA) is 69.6 Å². The third kappa shape index (κ3) is 2.31. The number of aliphatic hydroxyl groups excluding tert-OH is 1. The molecule has 1 aromatic rings. The van der Waals surface area contributed by atoms with Gasteiger partial charge in [-0.15, -0.1) is 0 Å². The molecule has 0 fully saturated rings. The second-order valence-electron chi connectivity index (χ2n) is 2.96. The molecule has 0 aliphatic heterocycles. The molecule has 2 atom stereocenters. The van der Waals surface area contributed by atoms with Gasteiger partial charge in [0, 0.05) is 0 Å². The molecule has 0 amide bonds. The zero-order valence-electron chi connectivity index (χ0n) is 7.84. The number of aliphatic carboxylic acids is 1. The lowest BCUT2D eigenvalue weighted by atomic mass is 10.0. The molecule has 0 heterocycles. The van der Waals surface area contributed by atoms with Crippen LogP contribution in [-0.4, -0.2) is 29.3 Å². The largest absolute Gasteiger partial charge is 0.480 e. The fourth-order valence-corrected chi connectivity index (χ4v) is 1.26. The molecule has 0 unspecified atom stereocenters. The number of carboxylic acid groups (broad SMARTS) is 1. The third-order valence-corrected chi connectivity index (χ3v) is 2.03. The van der Waals surface area contributed by atoms with Gasteiger partial charge in [-0.05, 0) is 12.6 Å². The van der Waals surface area contributed by atoms with Crippen molar-refractivity contribution in [2.45, 2.75) is 12.1 Å². The predicted molar refractivity (Wildman–Crippen MR) is 51.9 cm³/mol. The van der Waals surface area contributed by atoms with Crippen molar-refractivity contribution >= 4 is 5.97 Å². The first-order valence-corrected chi connectivity index (χ1v) is 4.30. The minimum Gasteiger partial charge on any atom is -0.480 e. The summed E-state index contributed by atoms with van der Waals surface area (Å²) >= 11 is 0. The summed E-state index contributed by atoms with van der Waals surface area (Å²) in [5.74, 6) is -1.07. The van der Waals surface area contributed by atoms with Crippen LogP contribution in [0.2, 0.25) is 0 Å². The van der Waals surface area contributed by atoms with Gasteiger partial charge in [-0.25, -0.2) is 0 Å². The zero-order valence-corrected chi connectivity index (χ0v) is 7.84. The number of rotatable bonds is 4.